The lowest BCUT2D eigenvalue weighted by molar-refractivity contribution is 0.589. The van der Waals surface area contributed by atoms with Crippen molar-refractivity contribution in [3.63, 3.8) is 0 Å². The van der Waals surface area contributed by atoms with Gasteiger partial charge in [0.2, 0.25) is 0 Å². The van der Waals surface area contributed by atoms with E-state index in [1.165, 1.54) is 6.07 Å². The summed E-state index contributed by atoms with van der Waals surface area (Å²) in [6.45, 7) is 0. The Kier molecular flexibility index (Phi) is 4.24. The van der Waals surface area contributed by atoms with Gasteiger partial charge in [-0.3, -0.25) is 0 Å². The molecule has 0 saturated heterocycles. The predicted molar refractivity (Wildman–Crippen MR) is 80.9 cm³/mol. The molecule has 2 aromatic carbocycles. The Morgan fingerprint density at radius 1 is 1.00 bits per heavy atom. The van der Waals surface area contributed by atoms with Gasteiger partial charge >= 0.3 is 0 Å². The first-order valence-corrected chi connectivity index (χ1v) is 6.91. The number of benzene rings is 2. The number of hydrogen-bond donors (Lipinski definition) is 2. The van der Waals surface area contributed by atoms with Crippen molar-refractivity contribution in [1.82, 2.24) is 0 Å². The number of nitrogen functional groups attached to an aromatic ring is 1. The van der Waals surface area contributed by atoms with E-state index in [-0.39, 0.29) is 21.5 Å². The van der Waals surface area contributed by atoms with E-state index >= 15 is 0 Å². The summed E-state index contributed by atoms with van der Waals surface area (Å²) in [6, 6.07) is 4.68. The van der Waals surface area contributed by atoms with E-state index in [0.717, 1.165) is 18.2 Å². The van der Waals surface area contributed by atoms with Crippen LogP contribution in [-0.2, 0) is 0 Å². The van der Waals surface area contributed by atoms with E-state index in [2.05, 4.69) is 21.2 Å². The van der Waals surface area contributed by atoms with Crippen molar-refractivity contribution in [2.45, 2.75) is 0 Å². The van der Waals surface area contributed by atoms with Gasteiger partial charge in [0.1, 0.15) is 11.5 Å². The van der Waals surface area contributed by atoms with Gasteiger partial charge in [0.15, 0.2) is 11.6 Å². The number of nitrogens with one attached hydrogen (secondary N) is 1. The Bertz CT molecular complexity index is 626. The number of rotatable bonds is 2. The zero-order chi connectivity index (χ0) is 14.2. The predicted octanol–water partition coefficient (Wildman–Crippen LogP) is 4.80. The average Bonchev–Trinajstić information content (AvgIpc) is 2.29. The van der Waals surface area contributed by atoms with Crippen molar-refractivity contribution in [3.05, 3.63) is 49.8 Å². The molecule has 3 N–H and O–H groups in total. The summed E-state index contributed by atoms with van der Waals surface area (Å²) in [5, 5.41) is 2.46. The van der Waals surface area contributed by atoms with Crippen LogP contribution in [0.1, 0.15) is 0 Å². The van der Waals surface area contributed by atoms with Gasteiger partial charge in [-0.1, -0.05) is 15.9 Å². The van der Waals surface area contributed by atoms with Gasteiger partial charge in [-0.2, -0.15) is 0 Å². The lowest BCUT2D eigenvalue weighted by Crippen LogP contribution is -2.02. The molecule has 0 heterocycles. The lowest BCUT2D eigenvalue weighted by Gasteiger charge is -2.12. The monoisotopic (exact) mass is 442 g/mol. The first-order chi connectivity index (χ1) is 8.88. The lowest BCUT2D eigenvalue weighted by atomic mass is 10.2. The molecule has 0 aliphatic carbocycles. The van der Waals surface area contributed by atoms with Crippen LogP contribution in [-0.4, -0.2) is 0 Å². The SMILES string of the molecule is Nc1cc(I)c(F)cc1Nc1c(F)cc(Br)cc1F. The molecule has 0 radical (unpaired) electrons. The highest BCUT2D eigenvalue weighted by molar-refractivity contribution is 14.1. The molecule has 0 amide bonds. The van der Waals surface area contributed by atoms with Crippen molar-refractivity contribution in [2.24, 2.45) is 0 Å². The number of halogens is 5. The minimum Gasteiger partial charge on any atom is -0.397 e. The number of anilines is 3. The van der Waals surface area contributed by atoms with E-state index in [1.54, 1.807) is 22.6 Å². The minimum absolute atomic E-state index is 0.109. The van der Waals surface area contributed by atoms with Crippen LogP contribution in [0.5, 0.6) is 0 Å². The Labute approximate surface area is 129 Å². The maximum absolute atomic E-state index is 13.6. The van der Waals surface area contributed by atoms with Gasteiger partial charge < -0.3 is 11.1 Å². The molecule has 0 aliphatic heterocycles. The van der Waals surface area contributed by atoms with E-state index in [4.69, 9.17) is 5.73 Å². The Morgan fingerprint density at radius 3 is 2.16 bits per heavy atom. The summed E-state index contributed by atoms with van der Waals surface area (Å²) in [7, 11) is 0. The van der Waals surface area contributed by atoms with Crippen molar-refractivity contribution in [3.8, 4) is 0 Å². The molecule has 2 aromatic rings. The quantitative estimate of drug-likeness (QED) is 0.518. The summed E-state index contributed by atoms with van der Waals surface area (Å²) < 4.78 is 41.3. The van der Waals surface area contributed by atoms with Gasteiger partial charge in [0.25, 0.3) is 0 Å². The largest absolute Gasteiger partial charge is 0.397 e. The van der Waals surface area contributed by atoms with Crippen LogP contribution >= 0.6 is 38.5 Å². The van der Waals surface area contributed by atoms with Crippen LogP contribution in [0.15, 0.2) is 28.7 Å². The summed E-state index contributed by atoms with van der Waals surface area (Å²) in [5.74, 6) is -2.12. The minimum atomic E-state index is -0.801. The molecular formula is C12H7BrF3IN2. The van der Waals surface area contributed by atoms with Gasteiger partial charge in [-0.25, -0.2) is 13.2 Å². The van der Waals surface area contributed by atoms with Gasteiger partial charge in [0, 0.05) is 10.5 Å². The van der Waals surface area contributed by atoms with Gasteiger partial charge in [-0.15, -0.1) is 0 Å². The third-order valence-electron chi connectivity index (χ3n) is 2.36. The first kappa shape index (κ1) is 14.4. The topological polar surface area (TPSA) is 38.0 Å². The molecular weight excluding hydrogens is 436 g/mol. The van der Waals surface area contributed by atoms with E-state index in [0.29, 0.717) is 3.57 Å². The zero-order valence-corrected chi connectivity index (χ0v) is 13.0. The molecule has 0 spiro atoms. The van der Waals surface area contributed by atoms with Crippen LogP contribution < -0.4 is 11.1 Å². The second-order valence-electron chi connectivity index (χ2n) is 3.72. The molecule has 0 bridgehead atoms. The fourth-order valence-electron chi connectivity index (χ4n) is 1.47. The summed E-state index contributed by atoms with van der Waals surface area (Å²) >= 11 is 4.75. The third kappa shape index (κ3) is 3.14. The fraction of sp³-hybridized carbons (Fsp3) is 0. The molecule has 0 atom stereocenters. The van der Waals surface area contributed by atoms with E-state index < -0.39 is 17.5 Å². The maximum atomic E-state index is 13.6. The second kappa shape index (κ2) is 5.58. The maximum Gasteiger partial charge on any atom is 0.150 e. The molecule has 7 heteroatoms. The first-order valence-electron chi connectivity index (χ1n) is 5.04. The fourth-order valence-corrected chi connectivity index (χ4v) is 2.36. The summed E-state index contributed by atoms with van der Waals surface area (Å²) in [6.07, 6.45) is 0. The molecule has 0 saturated carbocycles. The van der Waals surface area contributed by atoms with Crippen molar-refractivity contribution < 1.29 is 13.2 Å². The smallest absolute Gasteiger partial charge is 0.150 e. The third-order valence-corrected chi connectivity index (χ3v) is 3.64. The van der Waals surface area contributed by atoms with Crippen LogP contribution in [0.3, 0.4) is 0 Å². The summed E-state index contributed by atoms with van der Waals surface area (Å²) in [5.41, 5.74) is 5.61. The average molecular weight is 443 g/mol. The summed E-state index contributed by atoms with van der Waals surface area (Å²) in [4.78, 5) is 0. The molecule has 0 aliphatic rings. The van der Waals surface area contributed by atoms with Crippen LogP contribution in [0.4, 0.5) is 30.2 Å². The molecule has 2 rings (SSSR count). The van der Waals surface area contributed by atoms with E-state index in [1.807, 2.05) is 0 Å². The van der Waals surface area contributed by atoms with E-state index in [9.17, 15) is 13.2 Å². The Morgan fingerprint density at radius 2 is 1.58 bits per heavy atom. The van der Waals surface area contributed by atoms with Crippen molar-refractivity contribution in [2.75, 3.05) is 11.1 Å². The normalized spacial score (nSPS) is 10.6. The highest BCUT2D eigenvalue weighted by Crippen LogP contribution is 2.31. The molecule has 0 aromatic heterocycles. The van der Waals surface area contributed by atoms with Crippen molar-refractivity contribution >= 4 is 55.6 Å². The van der Waals surface area contributed by atoms with Crippen molar-refractivity contribution in [1.29, 1.82) is 0 Å². The molecule has 0 unspecified atom stereocenters. The second-order valence-corrected chi connectivity index (χ2v) is 5.80. The van der Waals surface area contributed by atoms with Gasteiger partial charge in [0.05, 0.1) is 14.9 Å². The number of hydrogen-bond acceptors (Lipinski definition) is 2. The Balaban J connectivity index is 2.45. The van der Waals surface area contributed by atoms with Gasteiger partial charge in [-0.05, 0) is 40.8 Å². The highest BCUT2D eigenvalue weighted by Gasteiger charge is 2.13. The highest BCUT2D eigenvalue weighted by atomic mass is 127. The molecule has 19 heavy (non-hydrogen) atoms. The Hall–Kier alpha value is -0.960. The molecule has 100 valence electrons. The van der Waals surface area contributed by atoms with Crippen LogP contribution in [0, 0.1) is 21.0 Å². The van der Waals surface area contributed by atoms with Crippen LogP contribution in [0.2, 0.25) is 0 Å². The van der Waals surface area contributed by atoms with Crippen LogP contribution in [0.25, 0.3) is 0 Å². The molecule has 2 nitrogen and oxygen atoms in total. The number of nitrogens with two attached hydrogens (primary N) is 1. The zero-order valence-electron chi connectivity index (χ0n) is 9.28. The molecule has 0 fully saturated rings. The standard InChI is InChI=1S/C12H7BrF3IN2/c13-5-1-7(15)12(8(16)2-5)19-11-3-6(14)9(17)4-10(11)18/h1-4,19H,18H2.